The van der Waals surface area contributed by atoms with E-state index in [0.29, 0.717) is 18.6 Å². The molecule has 3 rings (SSSR count). The molecule has 2 aromatic carbocycles. The first-order valence-electron chi connectivity index (χ1n) is 8.75. The number of ether oxygens (including phenoxy) is 2. The van der Waals surface area contributed by atoms with Crippen LogP contribution in [0, 0.1) is 0 Å². The summed E-state index contributed by atoms with van der Waals surface area (Å²) in [5.74, 6) is 0.686. The molecule has 0 unspecified atom stereocenters. The number of benzene rings is 2. The van der Waals surface area contributed by atoms with Crippen LogP contribution in [0.4, 0.5) is 0 Å². The van der Waals surface area contributed by atoms with Gasteiger partial charge >= 0.3 is 5.97 Å². The summed E-state index contributed by atoms with van der Waals surface area (Å²) < 4.78 is 10.3. The minimum atomic E-state index is -0.344. The van der Waals surface area contributed by atoms with Crippen LogP contribution in [0.15, 0.2) is 54.6 Å². The highest BCUT2D eigenvalue weighted by Gasteiger charge is 2.23. The van der Waals surface area contributed by atoms with Crippen LogP contribution in [0.5, 0.6) is 5.75 Å². The lowest BCUT2D eigenvalue weighted by Gasteiger charge is -2.23. The maximum Gasteiger partial charge on any atom is 0.338 e. The average molecular weight is 350 g/mol. The molecule has 0 spiro atoms. The lowest BCUT2D eigenvalue weighted by Crippen LogP contribution is -2.13. The Hall–Kier alpha value is -2.88. The van der Waals surface area contributed by atoms with Crippen LogP contribution in [-0.2, 0) is 9.53 Å². The molecule has 4 nitrogen and oxygen atoms in total. The molecular formula is C22H22O4. The van der Waals surface area contributed by atoms with Crippen LogP contribution in [0.2, 0.25) is 0 Å². The molecule has 0 N–H and O–H groups in total. The van der Waals surface area contributed by atoms with Crippen molar-refractivity contribution in [2.24, 2.45) is 0 Å². The second kappa shape index (κ2) is 8.00. The minimum absolute atomic E-state index is 0.105. The molecule has 1 atom stereocenters. The van der Waals surface area contributed by atoms with Gasteiger partial charge in [0.2, 0.25) is 0 Å². The van der Waals surface area contributed by atoms with Gasteiger partial charge in [0.05, 0.1) is 19.3 Å². The van der Waals surface area contributed by atoms with Crippen molar-refractivity contribution in [2.45, 2.75) is 25.7 Å². The number of methoxy groups -OCH3 is 1. The fourth-order valence-electron chi connectivity index (χ4n) is 3.27. The third kappa shape index (κ3) is 4.02. The Kier molecular flexibility index (Phi) is 5.52. The third-order valence-corrected chi connectivity index (χ3v) is 4.58. The number of hydrogen-bond donors (Lipinski definition) is 0. The van der Waals surface area contributed by atoms with Crippen molar-refractivity contribution in [3.63, 3.8) is 0 Å². The molecule has 134 valence electrons. The summed E-state index contributed by atoms with van der Waals surface area (Å²) >= 11 is 0. The number of ketones is 1. The molecule has 0 bridgehead atoms. The SMILES string of the molecule is CCOC(=O)c1cccc(C2=CC(=O)C[C@H](c3ccc(OC)cc3)C2)c1. The van der Waals surface area contributed by atoms with Crippen LogP contribution in [0.25, 0.3) is 5.57 Å². The molecule has 0 amide bonds. The Balaban J connectivity index is 1.84. The van der Waals surface area contributed by atoms with Crippen LogP contribution in [0.1, 0.15) is 47.2 Å². The zero-order chi connectivity index (χ0) is 18.5. The van der Waals surface area contributed by atoms with Crippen molar-refractivity contribution in [2.75, 3.05) is 13.7 Å². The van der Waals surface area contributed by atoms with Gasteiger partial charge in [-0.25, -0.2) is 4.79 Å². The number of hydrogen-bond acceptors (Lipinski definition) is 4. The first-order valence-corrected chi connectivity index (χ1v) is 8.75. The lowest BCUT2D eigenvalue weighted by atomic mass is 9.81. The van der Waals surface area contributed by atoms with Gasteiger partial charge in [-0.15, -0.1) is 0 Å². The van der Waals surface area contributed by atoms with Crippen LogP contribution in [0.3, 0.4) is 0 Å². The molecule has 0 saturated carbocycles. The van der Waals surface area contributed by atoms with Gasteiger partial charge in [-0.3, -0.25) is 4.79 Å². The van der Waals surface area contributed by atoms with Gasteiger partial charge in [0.15, 0.2) is 5.78 Å². The third-order valence-electron chi connectivity index (χ3n) is 4.58. The van der Waals surface area contributed by atoms with Crippen LogP contribution in [-0.4, -0.2) is 25.5 Å². The number of rotatable bonds is 5. The predicted octanol–water partition coefficient (Wildman–Crippen LogP) is 4.40. The fraction of sp³-hybridized carbons (Fsp3) is 0.273. The van der Waals surface area contributed by atoms with E-state index in [2.05, 4.69) is 0 Å². The number of carbonyl (C=O) groups excluding carboxylic acids is 2. The number of carbonyl (C=O) groups is 2. The van der Waals surface area contributed by atoms with Gasteiger partial charge in [-0.2, -0.15) is 0 Å². The highest BCUT2D eigenvalue weighted by atomic mass is 16.5. The summed E-state index contributed by atoms with van der Waals surface area (Å²) in [6, 6.07) is 15.1. The Morgan fingerprint density at radius 1 is 1.12 bits per heavy atom. The summed E-state index contributed by atoms with van der Waals surface area (Å²) in [4.78, 5) is 24.3. The summed E-state index contributed by atoms with van der Waals surface area (Å²) in [7, 11) is 1.64. The van der Waals surface area contributed by atoms with Gasteiger partial charge in [-0.05, 0) is 66.3 Å². The van der Waals surface area contributed by atoms with Gasteiger partial charge < -0.3 is 9.47 Å². The summed E-state index contributed by atoms with van der Waals surface area (Å²) in [6.45, 7) is 2.12. The van der Waals surface area contributed by atoms with E-state index in [1.54, 1.807) is 32.2 Å². The van der Waals surface area contributed by atoms with Crippen LogP contribution < -0.4 is 4.74 Å². The molecule has 1 aliphatic rings. The van der Waals surface area contributed by atoms with Gasteiger partial charge in [0.25, 0.3) is 0 Å². The van der Waals surface area contributed by atoms with Crippen molar-refractivity contribution in [1.82, 2.24) is 0 Å². The van der Waals surface area contributed by atoms with E-state index in [0.717, 1.165) is 28.9 Å². The molecule has 0 aromatic heterocycles. The molecule has 4 heteroatoms. The van der Waals surface area contributed by atoms with Gasteiger partial charge in [0, 0.05) is 6.42 Å². The predicted molar refractivity (Wildman–Crippen MR) is 100 cm³/mol. The molecular weight excluding hydrogens is 328 g/mol. The van der Waals surface area contributed by atoms with Gasteiger partial charge in [0.1, 0.15) is 5.75 Å². The van der Waals surface area contributed by atoms with Crippen molar-refractivity contribution >= 4 is 17.3 Å². The largest absolute Gasteiger partial charge is 0.497 e. The zero-order valence-corrected chi connectivity index (χ0v) is 15.0. The second-order valence-electron chi connectivity index (χ2n) is 6.32. The average Bonchev–Trinajstić information content (AvgIpc) is 2.68. The highest BCUT2D eigenvalue weighted by Crippen LogP contribution is 2.36. The van der Waals surface area contributed by atoms with Crippen molar-refractivity contribution in [3.05, 3.63) is 71.3 Å². The molecule has 0 aliphatic heterocycles. The number of allylic oxidation sites excluding steroid dienone is 2. The van der Waals surface area contributed by atoms with E-state index >= 15 is 0 Å². The molecule has 2 aromatic rings. The Bertz CT molecular complexity index is 833. The van der Waals surface area contributed by atoms with E-state index in [-0.39, 0.29) is 17.7 Å². The van der Waals surface area contributed by atoms with Crippen molar-refractivity contribution in [3.8, 4) is 5.75 Å². The Morgan fingerprint density at radius 3 is 2.58 bits per heavy atom. The molecule has 0 radical (unpaired) electrons. The fourth-order valence-corrected chi connectivity index (χ4v) is 3.27. The number of esters is 1. The normalized spacial score (nSPS) is 16.8. The Morgan fingerprint density at radius 2 is 1.88 bits per heavy atom. The van der Waals surface area contributed by atoms with E-state index in [1.807, 2.05) is 36.4 Å². The Labute approximate surface area is 153 Å². The quantitative estimate of drug-likeness (QED) is 0.750. The smallest absolute Gasteiger partial charge is 0.338 e. The minimum Gasteiger partial charge on any atom is -0.497 e. The molecule has 0 heterocycles. The monoisotopic (exact) mass is 350 g/mol. The summed E-state index contributed by atoms with van der Waals surface area (Å²) in [6.07, 6.45) is 2.95. The maximum atomic E-state index is 12.3. The molecule has 0 saturated heterocycles. The van der Waals surface area contributed by atoms with E-state index < -0.39 is 0 Å². The zero-order valence-electron chi connectivity index (χ0n) is 15.0. The second-order valence-corrected chi connectivity index (χ2v) is 6.32. The maximum absolute atomic E-state index is 12.3. The lowest BCUT2D eigenvalue weighted by molar-refractivity contribution is -0.115. The molecule has 1 aliphatic carbocycles. The summed E-state index contributed by atoms with van der Waals surface area (Å²) in [5, 5.41) is 0. The van der Waals surface area contributed by atoms with Crippen LogP contribution >= 0.6 is 0 Å². The summed E-state index contributed by atoms with van der Waals surface area (Å²) in [5.41, 5.74) is 3.46. The van der Waals surface area contributed by atoms with E-state index in [4.69, 9.17) is 9.47 Å². The van der Waals surface area contributed by atoms with Gasteiger partial charge in [-0.1, -0.05) is 24.3 Å². The topological polar surface area (TPSA) is 52.6 Å². The molecule has 0 fully saturated rings. The van der Waals surface area contributed by atoms with Crippen molar-refractivity contribution < 1.29 is 19.1 Å². The standard InChI is InChI=1S/C22H22O4/c1-3-26-22(24)17-6-4-5-16(11-17)19-12-18(13-20(23)14-19)15-7-9-21(25-2)10-8-15/h4-11,14,18H,3,12-13H2,1-2H3/t18-/m1/s1. The molecule has 26 heavy (non-hydrogen) atoms. The van der Waals surface area contributed by atoms with E-state index in [1.165, 1.54) is 0 Å². The first-order chi connectivity index (χ1) is 12.6. The highest BCUT2D eigenvalue weighted by molar-refractivity contribution is 6.00. The first kappa shape index (κ1) is 17.9. The van der Waals surface area contributed by atoms with Crippen molar-refractivity contribution in [1.29, 1.82) is 0 Å². The van der Waals surface area contributed by atoms with E-state index in [9.17, 15) is 9.59 Å².